The minimum absolute atomic E-state index is 0.208. The number of benzene rings is 1. The van der Waals surface area contributed by atoms with Gasteiger partial charge in [-0.2, -0.15) is 0 Å². The van der Waals surface area contributed by atoms with E-state index in [0.717, 1.165) is 24.3 Å². The van der Waals surface area contributed by atoms with E-state index >= 15 is 0 Å². The molecule has 1 N–H and O–H groups in total. The highest BCUT2D eigenvalue weighted by Gasteiger charge is 2.31. The van der Waals surface area contributed by atoms with Crippen LogP contribution in [0.4, 0.5) is 0 Å². The topological polar surface area (TPSA) is 37.3 Å². The smallest absolute Gasteiger partial charge is 0.307 e. The van der Waals surface area contributed by atoms with Gasteiger partial charge in [-0.3, -0.25) is 4.79 Å². The van der Waals surface area contributed by atoms with Crippen LogP contribution in [0.25, 0.3) is 0 Å². The normalized spacial score (nSPS) is 24.9. The second-order valence-electron chi connectivity index (χ2n) is 5.82. The molecule has 1 fully saturated rings. The number of hydrogen-bond donors (Lipinski definition) is 1. The van der Waals surface area contributed by atoms with Crippen LogP contribution in [0.15, 0.2) is 30.3 Å². The summed E-state index contributed by atoms with van der Waals surface area (Å²) in [5.41, 5.74) is 1.15. The maximum atomic E-state index is 11.6. The summed E-state index contributed by atoms with van der Waals surface area (Å²) in [5, 5.41) is 9.51. The molecule has 0 bridgehead atoms. The maximum Gasteiger partial charge on any atom is 0.307 e. The molecule has 1 saturated carbocycles. The molecule has 19 heavy (non-hydrogen) atoms. The third kappa shape index (κ3) is 3.82. The third-order valence-electron chi connectivity index (χ3n) is 4.65. The number of carbonyl (C=O) groups is 1. The molecule has 1 aromatic rings. The minimum Gasteiger partial charge on any atom is -0.481 e. The van der Waals surface area contributed by atoms with Crippen molar-refractivity contribution in [2.75, 3.05) is 0 Å². The standard InChI is InChI=1S/C17H24O2/c1-2-13-8-10-15(11-9-13)16(17(18)19)12-14-6-4-3-5-7-14/h3-7,13,15-16H,2,8-12H2,1H3,(H,18,19). The first-order valence-corrected chi connectivity index (χ1v) is 7.47. The van der Waals surface area contributed by atoms with Crippen molar-refractivity contribution in [2.45, 2.75) is 45.4 Å². The van der Waals surface area contributed by atoms with Gasteiger partial charge in [-0.05, 0) is 36.7 Å². The highest BCUT2D eigenvalue weighted by Crippen LogP contribution is 2.36. The zero-order valence-electron chi connectivity index (χ0n) is 11.7. The third-order valence-corrected chi connectivity index (χ3v) is 4.65. The van der Waals surface area contributed by atoms with Crippen molar-refractivity contribution in [1.82, 2.24) is 0 Å². The molecule has 0 aromatic heterocycles. The SMILES string of the molecule is CCC1CCC(C(Cc2ccccc2)C(=O)O)CC1. The average Bonchev–Trinajstić information content (AvgIpc) is 2.46. The maximum absolute atomic E-state index is 11.6. The molecule has 0 aliphatic heterocycles. The van der Waals surface area contributed by atoms with Crippen LogP contribution >= 0.6 is 0 Å². The van der Waals surface area contributed by atoms with Gasteiger partial charge in [-0.15, -0.1) is 0 Å². The van der Waals surface area contributed by atoms with Gasteiger partial charge in [-0.1, -0.05) is 56.5 Å². The van der Waals surface area contributed by atoms with Gasteiger partial charge in [0.25, 0.3) is 0 Å². The summed E-state index contributed by atoms with van der Waals surface area (Å²) in [5.74, 6) is 0.354. The quantitative estimate of drug-likeness (QED) is 0.863. The van der Waals surface area contributed by atoms with Crippen molar-refractivity contribution >= 4 is 5.97 Å². The Balaban J connectivity index is 1.99. The fourth-order valence-corrected chi connectivity index (χ4v) is 3.32. The Bertz CT molecular complexity index is 391. The Labute approximate surface area is 115 Å². The van der Waals surface area contributed by atoms with Crippen molar-refractivity contribution in [3.8, 4) is 0 Å². The van der Waals surface area contributed by atoms with Gasteiger partial charge in [0.15, 0.2) is 0 Å². The average molecular weight is 260 g/mol. The van der Waals surface area contributed by atoms with Crippen LogP contribution in [-0.2, 0) is 11.2 Å². The van der Waals surface area contributed by atoms with Crippen LogP contribution in [-0.4, -0.2) is 11.1 Å². The van der Waals surface area contributed by atoms with E-state index in [1.165, 1.54) is 19.3 Å². The van der Waals surface area contributed by atoms with Gasteiger partial charge in [0.2, 0.25) is 0 Å². The number of aliphatic carboxylic acids is 1. The Kier molecular flexibility index (Phi) is 5.00. The van der Waals surface area contributed by atoms with E-state index in [2.05, 4.69) is 6.92 Å². The second kappa shape index (κ2) is 6.74. The van der Waals surface area contributed by atoms with Crippen molar-refractivity contribution < 1.29 is 9.90 Å². The van der Waals surface area contributed by atoms with Crippen molar-refractivity contribution in [3.63, 3.8) is 0 Å². The first kappa shape index (κ1) is 14.1. The van der Waals surface area contributed by atoms with Gasteiger partial charge in [0.1, 0.15) is 0 Å². The number of hydrogen-bond acceptors (Lipinski definition) is 1. The van der Waals surface area contributed by atoms with Gasteiger partial charge < -0.3 is 5.11 Å². The first-order valence-electron chi connectivity index (χ1n) is 7.47. The summed E-state index contributed by atoms with van der Waals surface area (Å²) in [7, 11) is 0. The molecule has 1 aliphatic rings. The molecule has 0 spiro atoms. The van der Waals surface area contributed by atoms with Crippen LogP contribution in [0.2, 0.25) is 0 Å². The molecule has 2 rings (SSSR count). The molecule has 1 aliphatic carbocycles. The van der Waals surface area contributed by atoms with E-state index < -0.39 is 5.97 Å². The molecule has 1 unspecified atom stereocenters. The predicted molar refractivity (Wildman–Crippen MR) is 77.0 cm³/mol. The van der Waals surface area contributed by atoms with Gasteiger partial charge in [0.05, 0.1) is 5.92 Å². The summed E-state index contributed by atoms with van der Waals surface area (Å²) >= 11 is 0. The van der Waals surface area contributed by atoms with Crippen LogP contribution in [0.5, 0.6) is 0 Å². The summed E-state index contributed by atoms with van der Waals surface area (Å²) in [4.78, 5) is 11.6. The van der Waals surface area contributed by atoms with Crippen LogP contribution in [0.3, 0.4) is 0 Å². The molecule has 104 valence electrons. The molecule has 1 atom stereocenters. The lowest BCUT2D eigenvalue weighted by molar-refractivity contribution is -0.144. The lowest BCUT2D eigenvalue weighted by Gasteiger charge is -2.31. The van der Waals surface area contributed by atoms with Gasteiger partial charge >= 0.3 is 5.97 Å². The lowest BCUT2D eigenvalue weighted by Crippen LogP contribution is -2.29. The summed E-state index contributed by atoms with van der Waals surface area (Å²) < 4.78 is 0. The van der Waals surface area contributed by atoms with E-state index in [-0.39, 0.29) is 5.92 Å². The van der Waals surface area contributed by atoms with E-state index in [9.17, 15) is 9.90 Å². The highest BCUT2D eigenvalue weighted by atomic mass is 16.4. The molecule has 0 amide bonds. The monoisotopic (exact) mass is 260 g/mol. The fraction of sp³-hybridized carbons (Fsp3) is 0.588. The van der Waals surface area contributed by atoms with E-state index in [1.807, 2.05) is 30.3 Å². The van der Waals surface area contributed by atoms with Gasteiger partial charge in [0, 0.05) is 0 Å². The zero-order valence-corrected chi connectivity index (χ0v) is 11.7. The number of carboxylic acids is 1. The van der Waals surface area contributed by atoms with E-state index in [1.54, 1.807) is 0 Å². The molecule has 2 heteroatoms. The van der Waals surface area contributed by atoms with Crippen molar-refractivity contribution in [1.29, 1.82) is 0 Å². The number of rotatable bonds is 5. The largest absolute Gasteiger partial charge is 0.481 e. The fourth-order valence-electron chi connectivity index (χ4n) is 3.32. The lowest BCUT2D eigenvalue weighted by atomic mass is 9.73. The van der Waals surface area contributed by atoms with Crippen molar-refractivity contribution in [2.24, 2.45) is 17.8 Å². The molecular formula is C17H24O2. The van der Waals surface area contributed by atoms with Crippen LogP contribution < -0.4 is 0 Å². The molecule has 0 saturated heterocycles. The minimum atomic E-state index is -0.621. The van der Waals surface area contributed by atoms with E-state index in [4.69, 9.17) is 0 Å². The Morgan fingerprint density at radius 3 is 2.37 bits per heavy atom. The number of carboxylic acid groups (broad SMARTS) is 1. The summed E-state index contributed by atoms with van der Waals surface area (Å²) in [6, 6.07) is 10.0. The molecule has 0 radical (unpaired) electrons. The Morgan fingerprint density at radius 2 is 1.84 bits per heavy atom. The van der Waals surface area contributed by atoms with Crippen molar-refractivity contribution in [3.05, 3.63) is 35.9 Å². The molecular weight excluding hydrogens is 236 g/mol. The zero-order chi connectivity index (χ0) is 13.7. The molecule has 2 nitrogen and oxygen atoms in total. The summed E-state index contributed by atoms with van der Waals surface area (Å²) in [6.45, 7) is 2.24. The Morgan fingerprint density at radius 1 is 1.21 bits per heavy atom. The molecule has 1 aromatic carbocycles. The van der Waals surface area contributed by atoms with E-state index in [0.29, 0.717) is 12.3 Å². The van der Waals surface area contributed by atoms with Crippen LogP contribution in [0, 0.1) is 17.8 Å². The van der Waals surface area contributed by atoms with Crippen LogP contribution in [0.1, 0.15) is 44.6 Å². The highest BCUT2D eigenvalue weighted by molar-refractivity contribution is 5.70. The predicted octanol–water partition coefficient (Wildman–Crippen LogP) is 4.15. The summed E-state index contributed by atoms with van der Waals surface area (Å²) in [6.07, 6.45) is 6.50. The Hall–Kier alpha value is -1.31. The first-order chi connectivity index (χ1) is 9.20. The van der Waals surface area contributed by atoms with Gasteiger partial charge in [-0.25, -0.2) is 0 Å². The molecule has 0 heterocycles. The second-order valence-corrected chi connectivity index (χ2v) is 5.82.